The van der Waals surface area contributed by atoms with Gasteiger partial charge < -0.3 is 21.7 Å². The molecule has 140 valence electrons. The molecule has 6 heteroatoms. The fourth-order valence-corrected chi connectivity index (χ4v) is 3.33. The number of rotatable bonds is 3. The number of benzene rings is 2. The third-order valence-electron chi connectivity index (χ3n) is 4.78. The summed E-state index contributed by atoms with van der Waals surface area (Å²) < 4.78 is 5.29. The Labute approximate surface area is 163 Å². The van der Waals surface area contributed by atoms with Gasteiger partial charge in [0.2, 0.25) is 0 Å². The van der Waals surface area contributed by atoms with Crippen molar-refractivity contribution in [1.29, 1.82) is 0 Å². The van der Waals surface area contributed by atoms with E-state index >= 15 is 0 Å². The van der Waals surface area contributed by atoms with Crippen molar-refractivity contribution in [1.82, 2.24) is 9.80 Å². The van der Waals surface area contributed by atoms with Gasteiger partial charge in [-0.3, -0.25) is 9.69 Å². The molecule has 27 heavy (non-hydrogen) atoms. The summed E-state index contributed by atoms with van der Waals surface area (Å²) in [5, 5.41) is 0.762. The van der Waals surface area contributed by atoms with Gasteiger partial charge in [0, 0.05) is 38.1 Å². The number of hydrogen-bond donors (Lipinski definition) is 0. The first kappa shape index (κ1) is 19.1. The van der Waals surface area contributed by atoms with E-state index in [4.69, 9.17) is 4.42 Å². The highest BCUT2D eigenvalue weighted by Crippen LogP contribution is 2.15. The number of nitrogens with zero attached hydrogens (tertiary/aromatic N) is 2. The number of carbonyl (C=O) groups is 1. The summed E-state index contributed by atoms with van der Waals surface area (Å²) in [7, 11) is 0. The molecule has 0 unspecified atom stereocenters. The lowest BCUT2D eigenvalue weighted by molar-refractivity contribution is -0.0000170. The number of carbonyl (C=O) groups excluding carboxylic acids is 1. The molecule has 1 saturated heterocycles. The smallest absolute Gasteiger partial charge is 0.349 e. The summed E-state index contributed by atoms with van der Waals surface area (Å²) in [6, 6.07) is 19.2. The SMILES string of the molecule is O=C(c1cc2ccccc2oc1=O)N1CCN(Cc2ccccc2)CC1.[Cl-]. The number of halogens is 1. The van der Waals surface area contributed by atoms with Gasteiger partial charge in [0.15, 0.2) is 0 Å². The lowest BCUT2D eigenvalue weighted by atomic mass is 10.1. The monoisotopic (exact) mass is 383 g/mol. The second-order valence-electron chi connectivity index (χ2n) is 6.54. The van der Waals surface area contributed by atoms with Gasteiger partial charge in [0.1, 0.15) is 11.1 Å². The van der Waals surface area contributed by atoms with Crippen LogP contribution in [-0.4, -0.2) is 41.9 Å². The molecule has 0 bridgehead atoms. The summed E-state index contributed by atoms with van der Waals surface area (Å²) in [5.41, 5.74) is 1.31. The molecule has 4 rings (SSSR count). The number of para-hydroxylation sites is 1. The zero-order valence-electron chi connectivity index (χ0n) is 14.8. The molecule has 2 heterocycles. The first-order chi connectivity index (χ1) is 12.7. The van der Waals surface area contributed by atoms with Gasteiger partial charge in [-0.15, -0.1) is 0 Å². The predicted molar refractivity (Wildman–Crippen MR) is 100 cm³/mol. The average Bonchev–Trinajstić information content (AvgIpc) is 2.68. The lowest BCUT2D eigenvalue weighted by Gasteiger charge is -2.34. The molecule has 0 saturated carbocycles. The first-order valence-corrected chi connectivity index (χ1v) is 8.79. The molecule has 2 aromatic carbocycles. The Balaban J connectivity index is 0.00000210. The normalized spacial score (nSPS) is 14.7. The van der Waals surface area contributed by atoms with Crippen molar-refractivity contribution in [3.63, 3.8) is 0 Å². The fourth-order valence-electron chi connectivity index (χ4n) is 3.33. The Bertz CT molecular complexity index is 979. The zero-order chi connectivity index (χ0) is 17.9. The third kappa shape index (κ3) is 4.21. The molecule has 0 spiro atoms. The molecular formula is C21H20ClN2O3-. The Kier molecular flexibility index (Phi) is 5.94. The minimum Gasteiger partial charge on any atom is -1.00 e. The molecule has 1 aliphatic heterocycles. The quantitative estimate of drug-likeness (QED) is 0.586. The van der Waals surface area contributed by atoms with Crippen molar-refractivity contribution in [2.45, 2.75) is 6.54 Å². The summed E-state index contributed by atoms with van der Waals surface area (Å²) in [5.74, 6) is -0.246. The molecule has 1 amide bonds. The van der Waals surface area contributed by atoms with Crippen LogP contribution in [0.4, 0.5) is 0 Å². The van der Waals surface area contributed by atoms with E-state index in [2.05, 4.69) is 17.0 Å². The zero-order valence-corrected chi connectivity index (χ0v) is 15.6. The van der Waals surface area contributed by atoms with Crippen molar-refractivity contribution < 1.29 is 21.6 Å². The van der Waals surface area contributed by atoms with Crippen molar-refractivity contribution in [3.05, 3.63) is 82.2 Å². The molecule has 0 radical (unpaired) electrons. The Morgan fingerprint density at radius 2 is 1.59 bits per heavy atom. The van der Waals surface area contributed by atoms with E-state index in [0.29, 0.717) is 18.7 Å². The van der Waals surface area contributed by atoms with Crippen LogP contribution in [0.3, 0.4) is 0 Å². The van der Waals surface area contributed by atoms with Gasteiger partial charge in [-0.25, -0.2) is 4.79 Å². The van der Waals surface area contributed by atoms with Crippen LogP contribution in [0.25, 0.3) is 11.0 Å². The summed E-state index contributed by atoms with van der Waals surface area (Å²) in [6.07, 6.45) is 0. The maximum Gasteiger partial charge on any atom is 0.349 e. The van der Waals surface area contributed by atoms with Gasteiger partial charge in [-0.05, 0) is 17.7 Å². The van der Waals surface area contributed by atoms with Crippen LogP contribution < -0.4 is 18.0 Å². The second kappa shape index (κ2) is 8.37. The largest absolute Gasteiger partial charge is 1.00 e. The average molecular weight is 384 g/mol. The van der Waals surface area contributed by atoms with Crippen LogP contribution in [0.15, 0.2) is 69.9 Å². The van der Waals surface area contributed by atoms with E-state index in [9.17, 15) is 9.59 Å². The van der Waals surface area contributed by atoms with E-state index in [1.807, 2.05) is 30.3 Å². The van der Waals surface area contributed by atoms with Crippen LogP contribution in [0, 0.1) is 0 Å². The topological polar surface area (TPSA) is 53.8 Å². The molecule has 5 nitrogen and oxygen atoms in total. The molecule has 1 aromatic heterocycles. The number of piperazine rings is 1. The van der Waals surface area contributed by atoms with Crippen LogP contribution in [0.2, 0.25) is 0 Å². The van der Waals surface area contributed by atoms with E-state index < -0.39 is 5.63 Å². The van der Waals surface area contributed by atoms with Crippen LogP contribution in [0.1, 0.15) is 15.9 Å². The Morgan fingerprint density at radius 1 is 0.926 bits per heavy atom. The van der Waals surface area contributed by atoms with Gasteiger partial charge in [-0.2, -0.15) is 0 Å². The maximum absolute atomic E-state index is 12.8. The van der Waals surface area contributed by atoms with Crippen LogP contribution in [0.5, 0.6) is 0 Å². The van der Waals surface area contributed by atoms with Gasteiger partial charge in [0.05, 0.1) is 0 Å². The minimum absolute atomic E-state index is 0. The fraction of sp³-hybridized carbons (Fsp3) is 0.238. The van der Waals surface area contributed by atoms with Gasteiger partial charge >= 0.3 is 5.63 Å². The first-order valence-electron chi connectivity index (χ1n) is 8.79. The molecule has 1 aliphatic rings. The van der Waals surface area contributed by atoms with Crippen molar-refractivity contribution >= 4 is 16.9 Å². The van der Waals surface area contributed by atoms with Gasteiger partial charge in [0.25, 0.3) is 5.91 Å². The second-order valence-corrected chi connectivity index (χ2v) is 6.54. The summed E-state index contributed by atoms with van der Waals surface area (Å²) >= 11 is 0. The highest BCUT2D eigenvalue weighted by Gasteiger charge is 2.24. The number of amides is 1. The maximum atomic E-state index is 12.8. The predicted octanol–water partition coefficient (Wildman–Crippen LogP) is -0.245. The van der Waals surface area contributed by atoms with Crippen molar-refractivity contribution in [2.24, 2.45) is 0 Å². The van der Waals surface area contributed by atoms with Gasteiger partial charge in [-0.1, -0.05) is 48.5 Å². The molecule has 0 atom stereocenters. The molecule has 1 fully saturated rings. The van der Waals surface area contributed by atoms with Crippen LogP contribution >= 0.6 is 0 Å². The number of fused-ring (bicyclic) bond motifs is 1. The van der Waals surface area contributed by atoms with E-state index in [0.717, 1.165) is 25.0 Å². The summed E-state index contributed by atoms with van der Waals surface area (Å²) in [6.45, 7) is 3.68. The Morgan fingerprint density at radius 3 is 2.33 bits per heavy atom. The third-order valence-corrected chi connectivity index (χ3v) is 4.78. The molecule has 0 aliphatic carbocycles. The van der Waals surface area contributed by atoms with E-state index in [-0.39, 0.29) is 23.9 Å². The van der Waals surface area contributed by atoms with E-state index in [1.165, 1.54) is 5.56 Å². The summed E-state index contributed by atoms with van der Waals surface area (Å²) in [4.78, 5) is 29.0. The number of hydrogen-bond acceptors (Lipinski definition) is 4. The van der Waals surface area contributed by atoms with Crippen LogP contribution in [-0.2, 0) is 6.54 Å². The highest BCUT2D eigenvalue weighted by atomic mass is 35.5. The standard InChI is InChI=1S/C21H20N2O3.ClH/c24-20(18-14-17-8-4-5-9-19(17)26-21(18)25)23-12-10-22(11-13-23)15-16-6-2-1-3-7-16;/h1-9,14H,10-13,15H2;1H/p-1. The molecule has 0 N–H and O–H groups in total. The lowest BCUT2D eigenvalue weighted by Crippen LogP contribution is -3.00. The van der Waals surface area contributed by atoms with E-state index in [1.54, 1.807) is 23.1 Å². The van der Waals surface area contributed by atoms with Crippen molar-refractivity contribution in [2.75, 3.05) is 26.2 Å². The Hall–Kier alpha value is -2.63. The highest BCUT2D eigenvalue weighted by molar-refractivity contribution is 5.96. The van der Waals surface area contributed by atoms with Crippen molar-refractivity contribution in [3.8, 4) is 0 Å². The molecular weight excluding hydrogens is 364 g/mol. The molecule has 3 aromatic rings. The minimum atomic E-state index is -0.569.